The fourth-order valence-electron chi connectivity index (χ4n) is 1.66. The molecule has 20 heavy (non-hydrogen) atoms. The van der Waals surface area contributed by atoms with Gasteiger partial charge in [-0.1, -0.05) is 0 Å². The van der Waals surface area contributed by atoms with E-state index in [9.17, 15) is 14.9 Å². The molecule has 0 aliphatic rings. The van der Waals surface area contributed by atoms with Gasteiger partial charge < -0.3 is 10.6 Å². The average Bonchev–Trinajstić information content (AvgIpc) is 2.48. The van der Waals surface area contributed by atoms with E-state index in [0.29, 0.717) is 11.3 Å². The summed E-state index contributed by atoms with van der Waals surface area (Å²) in [5, 5.41) is 16.2. The molecule has 0 saturated heterocycles. The third-order valence-electron chi connectivity index (χ3n) is 2.77. The van der Waals surface area contributed by atoms with Crippen LogP contribution < -0.4 is 10.6 Å². The van der Waals surface area contributed by atoms with Crippen molar-refractivity contribution >= 4 is 23.0 Å². The molecule has 2 N–H and O–H groups in total. The fourth-order valence-corrected chi connectivity index (χ4v) is 1.66. The molecule has 0 atom stereocenters. The van der Waals surface area contributed by atoms with Crippen molar-refractivity contribution in [1.29, 1.82) is 0 Å². The molecule has 2 aromatic rings. The van der Waals surface area contributed by atoms with Gasteiger partial charge in [0.05, 0.1) is 4.92 Å². The summed E-state index contributed by atoms with van der Waals surface area (Å²) in [6.07, 6.45) is 0. The predicted octanol–water partition coefficient (Wildman–Crippen LogP) is 2.89. The summed E-state index contributed by atoms with van der Waals surface area (Å²) in [6, 6.07) is 12.7. The Morgan fingerprint density at radius 3 is 2.05 bits per heavy atom. The first kappa shape index (κ1) is 13.5. The molecule has 0 fully saturated rings. The molecular formula is C14H13N3O3. The van der Waals surface area contributed by atoms with E-state index in [1.165, 1.54) is 24.3 Å². The van der Waals surface area contributed by atoms with Crippen LogP contribution in [0.2, 0.25) is 0 Å². The van der Waals surface area contributed by atoms with Gasteiger partial charge in [0.25, 0.3) is 11.6 Å². The first-order valence-corrected chi connectivity index (χ1v) is 5.94. The van der Waals surface area contributed by atoms with Crippen molar-refractivity contribution in [3.8, 4) is 0 Å². The Labute approximate surface area is 115 Å². The minimum absolute atomic E-state index is 0.0417. The number of nitrogens with zero attached hydrogens (tertiary/aromatic N) is 1. The van der Waals surface area contributed by atoms with Gasteiger partial charge in [0.1, 0.15) is 0 Å². The predicted molar refractivity (Wildman–Crippen MR) is 77.0 cm³/mol. The van der Waals surface area contributed by atoms with Crippen LogP contribution in [0.3, 0.4) is 0 Å². The number of rotatable bonds is 4. The Morgan fingerprint density at radius 1 is 1.00 bits per heavy atom. The summed E-state index contributed by atoms with van der Waals surface area (Å²) in [5.74, 6) is -0.308. The van der Waals surface area contributed by atoms with Crippen LogP contribution in [0.1, 0.15) is 10.4 Å². The molecule has 0 bridgehead atoms. The smallest absolute Gasteiger partial charge is 0.269 e. The van der Waals surface area contributed by atoms with Crippen molar-refractivity contribution in [2.75, 3.05) is 17.7 Å². The normalized spacial score (nSPS) is 9.85. The summed E-state index contributed by atoms with van der Waals surface area (Å²) in [4.78, 5) is 22.0. The molecule has 2 rings (SSSR count). The minimum Gasteiger partial charge on any atom is -0.388 e. The molecule has 1 amide bonds. The second kappa shape index (κ2) is 5.83. The first-order valence-electron chi connectivity index (χ1n) is 5.94. The number of nitro groups is 1. The van der Waals surface area contributed by atoms with E-state index in [-0.39, 0.29) is 11.6 Å². The number of hydrogen-bond donors (Lipinski definition) is 2. The summed E-state index contributed by atoms with van der Waals surface area (Å²) in [5.41, 5.74) is 1.93. The average molecular weight is 271 g/mol. The van der Waals surface area contributed by atoms with Crippen LogP contribution in [-0.4, -0.2) is 17.9 Å². The largest absolute Gasteiger partial charge is 0.388 e. The van der Waals surface area contributed by atoms with Crippen molar-refractivity contribution < 1.29 is 9.72 Å². The number of carbonyl (C=O) groups is 1. The zero-order valence-electron chi connectivity index (χ0n) is 10.8. The lowest BCUT2D eigenvalue weighted by atomic mass is 10.2. The number of nitro benzene ring substituents is 1. The van der Waals surface area contributed by atoms with Crippen LogP contribution in [-0.2, 0) is 0 Å². The Bertz CT molecular complexity index is 621. The van der Waals surface area contributed by atoms with Gasteiger partial charge >= 0.3 is 0 Å². The van der Waals surface area contributed by atoms with E-state index in [4.69, 9.17) is 0 Å². The summed E-state index contributed by atoms with van der Waals surface area (Å²) in [7, 11) is 1.81. The highest BCUT2D eigenvalue weighted by Gasteiger charge is 2.09. The Balaban J connectivity index is 2.08. The molecular weight excluding hydrogens is 258 g/mol. The molecule has 0 aliphatic carbocycles. The molecule has 0 heterocycles. The van der Waals surface area contributed by atoms with Gasteiger partial charge in [0, 0.05) is 36.1 Å². The Morgan fingerprint density at radius 2 is 1.55 bits per heavy atom. The van der Waals surface area contributed by atoms with Gasteiger partial charge in [-0.2, -0.15) is 0 Å². The van der Waals surface area contributed by atoms with Gasteiger partial charge in [-0.3, -0.25) is 14.9 Å². The quantitative estimate of drug-likeness (QED) is 0.661. The van der Waals surface area contributed by atoms with Crippen LogP contribution in [0.4, 0.5) is 17.1 Å². The molecule has 6 heteroatoms. The van der Waals surface area contributed by atoms with Crippen LogP contribution in [0.5, 0.6) is 0 Å². The molecule has 0 unspecified atom stereocenters. The fraction of sp³-hybridized carbons (Fsp3) is 0.0714. The van der Waals surface area contributed by atoms with Crippen molar-refractivity contribution in [1.82, 2.24) is 0 Å². The summed E-state index contributed by atoms with van der Waals surface area (Å²) < 4.78 is 0. The van der Waals surface area contributed by atoms with Crippen LogP contribution in [0, 0.1) is 10.1 Å². The molecule has 0 aromatic heterocycles. The molecule has 2 aromatic carbocycles. The van der Waals surface area contributed by atoms with Crippen molar-refractivity contribution in [2.24, 2.45) is 0 Å². The number of carbonyl (C=O) groups excluding carboxylic acids is 1. The summed E-state index contributed by atoms with van der Waals surface area (Å²) >= 11 is 0. The zero-order chi connectivity index (χ0) is 14.5. The Kier molecular flexibility index (Phi) is 3.95. The number of amides is 1. The van der Waals surface area contributed by atoms with Crippen molar-refractivity contribution in [3.63, 3.8) is 0 Å². The zero-order valence-corrected chi connectivity index (χ0v) is 10.8. The Hall–Kier alpha value is -2.89. The van der Waals surface area contributed by atoms with Crippen molar-refractivity contribution in [3.05, 3.63) is 64.2 Å². The highest BCUT2D eigenvalue weighted by atomic mass is 16.6. The second-order valence-corrected chi connectivity index (χ2v) is 4.09. The maximum absolute atomic E-state index is 12.0. The van der Waals surface area contributed by atoms with Crippen molar-refractivity contribution in [2.45, 2.75) is 0 Å². The van der Waals surface area contributed by atoms with Gasteiger partial charge in [-0.15, -0.1) is 0 Å². The lowest BCUT2D eigenvalue weighted by Crippen LogP contribution is -2.11. The number of anilines is 2. The molecule has 102 valence electrons. The van der Waals surface area contributed by atoms with Crippen LogP contribution >= 0.6 is 0 Å². The van der Waals surface area contributed by atoms with E-state index in [2.05, 4.69) is 10.6 Å². The van der Waals surface area contributed by atoms with E-state index < -0.39 is 4.92 Å². The molecule has 6 nitrogen and oxygen atoms in total. The number of hydrogen-bond acceptors (Lipinski definition) is 4. The standard InChI is InChI=1S/C14H13N3O3/c1-15-11-4-6-12(7-5-11)16-14(18)10-2-8-13(9-3-10)17(19)20/h2-9,15H,1H3,(H,16,18). The van der Waals surface area contributed by atoms with Gasteiger partial charge in [-0.25, -0.2) is 0 Å². The van der Waals surface area contributed by atoms with E-state index in [0.717, 1.165) is 5.69 Å². The molecule has 0 spiro atoms. The van der Waals surface area contributed by atoms with Gasteiger partial charge in [0.2, 0.25) is 0 Å². The summed E-state index contributed by atoms with van der Waals surface area (Å²) in [6.45, 7) is 0. The molecule has 0 saturated carbocycles. The highest BCUT2D eigenvalue weighted by molar-refractivity contribution is 6.04. The third-order valence-corrected chi connectivity index (χ3v) is 2.77. The SMILES string of the molecule is CNc1ccc(NC(=O)c2ccc([N+](=O)[O-])cc2)cc1. The van der Waals surface area contributed by atoms with Gasteiger partial charge in [-0.05, 0) is 36.4 Å². The monoisotopic (exact) mass is 271 g/mol. The first-order chi connectivity index (χ1) is 9.60. The van der Waals surface area contributed by atoms with E-state index in [1.807, 2.05) is 19.2 Å². The van der Waals surface area contributed by atoms with E-state index in [1.54, 1.807) is 12.1 Å². The topological polar surface area (TPSA) is 84.3 Å². The van der Waals surface area contributed by atoms with E-state index >= 15 is 0 Å². The number of benzene rings is 2. The highest BCUT2D eigenvalue weighted by Crippen LogP contribution is 2.16. The number of non-ortho nitro benzene ring substituents is 1. The van der Waals surface area contributed by atoms with Crippen LogP contribution in [0.15, 0.2) is 48.5 Å². The minimum atomic E-state index is -0.502. The maximum Gasteiger partial charge on any atom is 0.269 e. The maximum atomic E-state index is 12.0. The second-order valence-electron chi connectivity index (χ2n) is 4.09. The number of nitrogens with one attached hydrogen (secondary N) is 2. The van der Waals surface area contributed by atoms with Gasteiger partial charge in [0.15, 0.2) is 0 Å². The third kappa shape index (κ3) is 3.11. The lowest BCUT2D eigenvalue weighted by molar-refractivity contribution is -0.384. The molecule has 0 aliphatic heterocycles. The molecule has 0 radical (unpaired) electrons. The van der Waals surface area contributed by atoms with Crippen LogP contribution in [0.25, 0.3) is 0 Å². The lowest BCUT2D eigenvalue weighted by Gasteiger charge is -2.06.